The summed E-state index contributed by atoms with van der Waals surface area (Å²) in [6, 6.07) is 12.3. The van der Waals surface area contributed by atoms with E-state index in [1.54, 1.807) is 6.07 Å². The van der Waals surface area contributed by atoms with Crippen molar-refractivity contribution in [3.63, 3.8) is 0 Å². The van der Waals surface area contributed by atoms with Crippen LogP contribution in [0.25, 0.3) is 0 Å². The van der Waals surface area contributed by atoms with Crippen LogP contribution in [-0.4, -0.2) is 35.0 Å². The second-order valence-corrected chi connectivity index (χ2v) is 6.38. The molecule has 130 valence electrons. The molecule has 1 aliphatic rings. The Kier molecular flexibility index (Phi) is 5.68. The monoisotopic (exact) mass is 357 g/mol. The van der Waals surface area contributed by atoms with Gasteiger partial charge in [-0.05, 0) is 12.0 Å². The number of halogens is 1. The van der Waals surface area contributed by atoms with Crippen LogP contribution in [0.4, 0.5) is 5.82 Å². The number of likely N-dealkylation sites (tertiary alicyclic amines) is 1. The number of pyridine rings is 1. The molecule has 2 aromatic rings. The molecule has 6 heteroatoms. The average Bonchev–Trinajstić information content (AvgIpc) is 3.05. The standard InChI is InChI=1S/C19H20ClN3O2/c1-2-18(24)25-16-10-17(20)19(21-11-16)22-15-8-9-23(13-15)12-14-6-4-3-5-7-14/h2-7,10-11,15H,1,8-9,12-13H2,(H,21,22)/t15-/m1/s1. The number of nitrogens with zero attached hydrogens (tertiary/aromatic N) is 2. The van der Waals surface area contributed by atoms with E-state index in [1.807, 2.05) is 6.07 Å². The minimum atomic E-state index is -0.536. The van der Waals surface area contributed by atoms with Crippen LogP contribution in [0.5, 0.6) is 5.75 Å². The van der Waals surface area contributed by atoms with Crippen molar-refractivity contribution in [1.82, 2.24) is 9.88 Å². The highest BCUT2D eigenvalue weighted by Crippen LogP contribution is 2.26. The molecule has 1 saturated heterocycles. The molecule has 1 atom stereocenters. The van der Waals surface area contributed by atoms with E-state index < -0.39 is 5.97 Å². The molecule has 0 bridgehead atoms. The van der Waals surface area contributed by atoms with Crippen LogP contribution in [-0.2, 0) is 11.3 Å². The number of esters is 1. The molecule has 0 unspecified atom stereocenters. The third kappa shape index (κ3) is 4.81. The van der Waals surface area contributed by atoms with Crippen molar-refractivity contribution < 1.29 is 9.53 Å². The zero-order valence-electron chi connectivity index (χ0n) is 13.8. The van der Waals surface area contributed by atoms with Crippen molar-refractivity contribution in [2.75, 3.05) is 18.4 Å². The summed E-state index contributed by atoms with van der Waals surface area (Å²) in [5.74, 6) is 0.370. The van der Waals surface area contributed by atoms with Crippen molar-refractivity contribution in [3.8, 4) is 5.75 Å². The van der Waals surface area contributed by atoms with Crippen molar-refractivity contribution in [2.24, 2.45) is 0 Å². The Balaban J connectivity index is 1.56. The molecule has 3 rings (SSSR count). The van der Waals surface area contributed by atoms with Gasteiger partial charge in [0, 0.05) is 37.8 Å². The first kappa shape index (κ1) is 17.5. The minimum absolute atomic E-state index is 0.287. The molecule has 1 aliphatic heterocycles. The van der Waals surface area contributed by atoms with Crippen molar-refractivity contribution in [3.05, 3.63) is 65.8 Å². The van der Waals surface area contributed by atoms with E-state index in [0.29, 0.717) is 16.6 Å². The van der Waals surface area contributed by atoms with Gasteiger partial charge in [0.05, 0.1) is 11.2 Å². The maximum absolute atomic E-state index is 11.2. The molecule has 0 aliphatic carbocycles. The first-order chi connectivity index (χ1) is 12.1. The summed E-state index contributed by atoms with van der Waals surface area (Å²) in [6.45, 7) is 6.26. The number of rotatable bonds is 6. The van der Waals surface area contributed by atoms with Gasteiger partial charge < -0.3 is 10.1 Å². The molecule has 0 saturated carbocycles. The fourth-order valence-corrected chi connectivity index (χ4v) is 3.08. The minimum Gasteiger partial charge on any atom is -0.422 e. The molecule has 1 aromatic heterocycles. The molecular weight excluding hydrogens is 338 g/mol. The number of carbonyl (C=O) groups is 1. The number of nitrogens with one attached hydrogen (secondary N) is 1. The predicted molar refractivity (Wildman–Crippen MR) is 98.8 cm³/mol. The molecule has 2 heterocycles. The smallest absolute Gasteiger partial charge is 0.335 e. The van der Waals surface area contributed by atoms with E-state index in [1.165, 1.54) is 11.8 Å². The second kappa shape index (κ2) is 8.14. The van der Waals surface area contributed by atoms with Crippen LogP contribution in [0.3, 0.4) is 0 Å². The quantitative estimate of drug-likeness (QED) is 0.633. The predicted octanol–water partition coefficient (Wildman–Crippen LogP) is 3.51. The maximum Gasteiger partial charge on any atom is 0.335 e. The Bertz CT molecular complexity index is 752. The van der Waals surface area contributed by atoms with Gasteiger partial charge in [-0.1, -0.05) is 48.5 Å². The van der Waals surface area contributed by atoms with E-state index in [2.05, 4.69) is 46.0 Å². The highest BCUT2D eigenvalue weighted by atomic mass is 35.5. The van der Waals surface area contributed by atoms with Gasteiger partial charge in [0.2, 0.25) is 0 Å². The molecule has 5 nitrogen and oxygen atoms in total. The Morgan fingerprint density at radius 1 is 1.44 bits per heavy atom. The van der Waals surface area contributed by atoms with Gasteiger partial charge in [-0.2, -0.15) is 0 Å². The van der Waals surface area contributed by atoms with Crippen molar-refractivity contribution in [1.29, 1.82) is 0 Å². The van der Waals surface area contributed by atoms with Crippen LogP contribution >= 0.6 is 11.6 Å². The van der Waals surface area contributed by atoms with Gasteiger partial charge in [-0.3, -0.25) is 4.90 Å². The lowest BCUT2D eigenvalue weighted by atomic mass is 10.2. The summed E-state index contributed by atoms with van der Waals surface area (Å²) in [5, 5.41) is 3.80. The summed E-state index contributed by atoms with van der Waals surface area (Å²) < 4.78 is 5.01. The second-order valence-electron chi connectivity index (χ2n) is 5.98. The fourth-order valence-electron chi connectivity index (χ4n) is 2.87. The zero-order valence-corrected chi connectivity index (χ0v) is 14.6. The number of ether oxygens (including phenoxy) is 1. The van der Waals surface area contributed by atoms with Crippen LogP contribution in [0.15, 0.2) is 55.3 Å². The Morgan fingerprint density at radius 3 is 2.96 bits per heavy atom. The summed E-state index contributed by atoms with van der Waals surface area (Å²) in [4.78, 5) is 17.9. The number of carbonyl (C=O) groups excluding carboxylic acids is 1. The highest BCUT2D eigenvalue weighted by molar-refractivity contribution is 6.33. The highest BCUT2D eigenvalue weighted by Gasteiger charge is 2.23. The lowest BCUT2D eigenvalue weighted by Gasteiger charge is -2.17. The van der Waals surface area contributed by atoms with E-state index in [0.717, 1.165) is 32.1 Å². The number of anilines is 1. The summed E-state index contributed by atoms with van der Waals surface area (Å²) >= 11 is 6.24. The van der Waals surface area contributed by atoms with Gasteiger partial charge in [0.15, 0.2) is 5.75 Å². The van der Waals surface area contributed by atoms with Crippen molar-refractivity contribution in [2.45, 2.75) is 19.0 Å². The van der Waals surface area contributed by atoms with Gasteiger partial charge in [0.1, 0.15) is 5.82 Å². The molecule has 1 aromatic carbocycles. The lowest BCUT2D eigenvalue weighted by molar-refractivity contribution is -0.128. The van der Waals surface area contributed by atoms with E-state index in [9.17, 15) is 4.79 Å². The first-order valence-electron chi connectivity index (χ1n) is 8.16. The normalized spacial score (nSPS) is 17.2. The van der Waals surface area contributed by atoms with Gasteiger partial charge in [-0.15, -0.1) is 0 Å². The van der Waals surface area contributed by atoms with Gasteiger partial charge in [0.25, 0.3) is 0 Å². The number of aromatic nitrogens is 1. The number of hydrogen-bond donors (Lipinski definition) is 1. The fraction of sp³-hybridized carbons (Fsp3) is 0.263. The number of benzene rings is 1. The topological polar surface area (TPSA) is 54.5 Å². The van der Waals surface area contributed by atoms with E-state index in [4.69, 9.17) is 16.3 Å². The summed E-state index contributed by atoms with van der Waals surface area (Å²) in [5.41, 5.74) is 1.31. The molecule has 0 radical (unpaired) electrons. The lowest BCUT2D eigenvalue weighted by Crippen LogP contribution is -2.26. The molecule has 25 heavy (non-hydrogen) atoms. The summed E-state index contributed by atoms with van der Waals surface area (Å²) in [6.07, 6.45) is 3.60. The molecule has 0 spiro atoms. The van der Waals surface area contributed by atoms with Crippen LogP contribution in [0, 0.1) is 0 Å². The third-order valence-electron chi connectivity index (χ3n) is 4.06. The SMILES string of the molecule is C=CC(=O)Oc1cnc(N[C@@H]2CCN(Cc3ccccc3)C2)c(Cl)c1. The van der Waals surface area contributed by atoms with E-state index in [-0.39, 0.29) is 6.04 Å². The van der Waals surface area contributed by atoms with Crippen LogP contribution in [0.1, 0.15) is 12.0 Å². The van der Waals surface area contributed by atoms with Crippen LogP contribution in [0.2, 0.25) is 5.02 Å². The zero-order chi connectivity index (χ0) is 17.6. The van der Waals surface area contributed by atoms with Crippen molar-refractivity contribution >= 4 is 23.4 Å². The average molecular weight is 358 g/mol. The maximum atomic E-state index is 11.2. The Labute approximate surface area is 152 Å². The Hall–Kier alpha value is -2.37. The van der Waals surface area contributed by atoms with Gasteiger partial charge >= 0.3 is 5.97 Å². The molecule has 0 amide bonds. The molecule has 1 N–H and O–H groups in total. The Morgan fingerprint density at radius 2 is 2.24 bits per heavy atom. The van der Waals surface area contributed by atoms with E-state index >= 15 is 0 Å². The number of hydrogen-bond acceptors (Lipinski definition) is 5. The van der Waals surface area contributed by atoms with Gasteiger partial charge in [-0.25, -0.2) is 9.78 Å². The largest absolute Gasteiger partial charge is 0.422 e. The van der Waals surface area contributed by atoms with Crippen LogP contribution < -0.4 is 10.1 Å². The molecule has 1 fully saturated rings. The molecular formula is C19H20ClN3O2. The first-order valence-corrected chi connectivity index (χ1v) is 8.54. The summed E-state index contributed by atoms with van der Waals surface area (Å²) in [7, 11) is 0. The third-order valence-corrected chi connectivity index (χ3v) is 4.35.